The van der Waals surface area contributed by atoms with Crippen molar-refractivity contribution in [2.75, 3.05) is 7.11 Å². The lowest BCUT2D eigenvalue weighted by atomic mass is 9.47. The van der Waals surface area contributed by atoms with Gasteiger partial charge in [-0.25, -0.2) is 0 Å². The highest BCUT2D eigenvalue weighted by molar-refractivity contribution is 5.32. The van der Waals surface area contributed by atoms with Crippen LogP contribution in [-0.2, 0) is 6.42 Å². The van der Waals surface area contributed by atoms with Crippen molar-refractivity contribution in [3.05, 3.63) is 39.3 Å². The normalized spacial score (nSPS) is 30.8. The Kier molecular flexibility index (Phi) is 4.87. The van der Waals surface area contributed by atoms with E-state index in [2.05, 4.69) is 27.4 Å². The van der Waals surface area contributed by atoms with Gasteiger partial charge in [-0.15, -0.1) is 0 Å². The molecule has 2 fully saturated rings. The van der Waals surface area contributed by atoms with Crippen LogP contribution in [0.4, 0.5) is 0 Å². The molecule has 2 aliphatic rings. The number of fused-ring (bicyclic) bond motifs is 1. The van der Waals surface area contributed by atoms with Gasteiger partial charge in [0.05, 0.1) is 12.7 Å². The summed E-state index contributed by atoms with van der Waals surface area (Å²) < 4.78 is 11.3. The van der Waals surface area contributed by atoms with Gasteiger partial charge in [-0.1, -0.05) is 39.3 Å². The maximum atomic E-state index is 13.0. The van der Waals surface area contributed by atoms with Crippen LogP contribution in [0.15, 0.2) is 21.4 Å². The summed E-state index contributed by atoms with van der Waals surface area (Å²) in [5.74, 6) is 2.00. The van der Waals surface area contributed by atoms with Crippen molar-refractivity contribution in [2.45, 2.75) is 73.1 Å². The smallest absolute Gasteiger partial charge is 0.291 e. The van der Waals surface area contributed by atoms with E-state index >= 15 is 0 Å². The van der Waals surface area contributed by atoms with Crippen LogP contribution in [0, 0.1) is 36.5 Å². The Bertz CT molecular complexity index is 770. The molecule has 0 aromatic carbocycles. The van der Waals surface area contributed by atoms with E-state index in [0.717, 1.165) is 6.42 Å². The molecule has 0 aliphatic heterocycles. The summed E-state index contributed by atoms with van der Waals surface area (Å²) in [4.78, 5) is 13.0. The Morgan fingerprint density at radius 2 is 1.92 bits per heavy atom. The van der Waals surface area contributed by atoms with Crippen molar-refractivity contribution < 1.29 is 9.15 Å². The fraction of sp³-hybridized carbons (Fsp3) is 0.696. The van der Waals surface area contributed by atoms with Gasteiger partial charge >= 0.3 is 0 Å². The molecule has 0 unspecified atom stereocenters. The summed E-state index contributed by atoms with van der Waals surface area (Å²) in [6, 6.07) is 0. The van der Waals surface area contributed by atoms with Gasteiger partial charge in [0.15, 0.2) is 5.43 Å². The zero-order valence-corrected chi connectivity index (χ0v) is 17.3. The first-order valence-corrected chi connectivity index (χ1v) is 9.96. The van der Waals surface area contributed by atoms with E-state index in [1.807, 2.05) is 13.8 Å². The second-order valence-electron chi connectivity index (χ2n) is 9.44. The van der Waals surface area contributed by atoms with E-state index in [0.29, 0.717) is 46.5 Å². The zero-order valence-electron chi connectivity index (χ0n) is 17.3. The van der Waals surface area contributed by atoms with E-state index in [9.17, 15) is 4.79 Å². The number of allylic oxidation sites excluding steroid dienone is 1. The molecule has 0 amide bonds. The van der Waals surface area contributed by atoms with Crippen LogP contribution in [0.1, 0.15) is 69.8 Å². The number of aryl methyl sites for hydroxylation is 1. The van der Waals surface area contributed by atoms with Gasteiger partial charge in [0.2, 0.25) is 0 Å². The Morgan fingerprint density at radius 1 is 1.23 bits per heavy atom. The molecular formula is C23H34O3. The number of hydrogen-bond acceptors (Lipinski definition) is 3. The van der Waals surface area contributed by atoms with Crippen molar-refractivity contribution in [1.82, 2.24) is 0 Å². The highest BCUT2D eigenvalue weighted by atomic mass is 16.6. The summed E-state index contributed by atoms with van der Waals surface area (Å²) in [5, 5.41) is 0. The summed E-state index contributed by atoms with van der Waals surface area (Å²) in [6.07, 6.45) is 6.71. The molecule has 3 nitrogen and oxygen atoms in total. The third-order valence-corrected chi connectivity index (χ3v) is 7.55. The average molecular weight is 359 g/mol. The van der Waals surface area contributed by atoms with Gasteiger partial charge in [-0.05, 0) is 68.6 Å². The second kappa shape index (κ2) is 6.58. The molecule has 0 N–H and O–H groups in total. The molecule has 0 saturated heterocycles. The van der Waals surface area contributed by atoms with Gasteiger partial charge < -0.3 is 9.15 Å². The summed E-state index contributed by atoms with van der Waals surface area (Å²) >= 11 is 0. The number of rotatable bonds is 3. The van der Waals surface area contributed by atoms with Crippen LogP contribution < -0.4 is 10.2 Å². The third kappa shape index (κ3) is 2.93. The summed E-state index contributed by atoms with van der Waals surface area (Å²) in [7, 11) is 1.58. The molecule has 26 heavy (non-hydrogen) atoms. The summed E-state index contributed by atoms with van der Waals surface area (Å²) in [6.45, 7) is 15.4. The third-order valence-electron chi connectivity index (χ3n) is 7.55. The first-order chi connectivity index (χ1) is 12.1. The van der Waals surface area contributed by atoms with Crippen LogP contribution >= 0.6 is 0 Å². The number of hydrogen-bond donors (Lipinski definition) is 0. The van der Waals surface area contributed by atoms with Crippen LogP contribution in [-0.4, -0.2) is 7.11 Å². The Balaban J connectivity index is 2.05. The molecule has 2 aliphatic carbocycles. The second-order valence-corrected chi connectivity index (χ2v) is 9.44. The highest BCUT2D eigenvalue weighted by Gasteiger charge is 2.53. The minimum absolute atomic E-state index is 0.0687. The molecule has 2 saturated carbocycles. The van der Waals surface area contributed by atoms with Crippen molar-refractivity contribution in [1.29, 1.82) is 0 Å². The predicted octanol–water partition coefficient (Wildman–Crippen LogP) is 5.61. The van der Waals surface area contributed by atoms with Crippen molar-refractivity contribution >= 4 is 0 Å². The van der Waals surface area contributed by atoms with Gasteiger partial charge in [0.25, 0.3) is 5.95 Å². The Morgan fingerprint density at radius 3 is 2.58 bits per heavy atom. The van der Waals surface area contributed by atoms with Crippen LogP contribution in [0.5, 0.6) is 5.95 Å². The number of methoxy groups -OCH3 is 1. The molecule has 3 atom stereocenters. The van der Waals surface area contributed by atoms with E-state index < -0.39 is 0 Å². The lowest BCUT2D eigenvalue weighted by Gasteiger charge is -2.58. The zero-order chi connectivity index (χ0) is 19.3. The van der Waals surface area contributed by atoms with Crippen molar-refractivity contribution in [2.24, 2.45) is 22.7 Å². The van der Waals surface area contributed by atoms with Crippen LogP contribution in [0.2, 0.25) is 0 Å². The molecule has 144 valence electrons. The van der Waals surface area contributed by atoms with E-state index in [4.69, 9.17) is 9.15 Å². The fourth-order valence-corrected chi connectivity index (χ4v) is 5.95. The van der Waals surface area contributed by atoms with Crippen LogP contribution in [0.25, 0.3) is 0 Å². The topological polar surface area (TPSA) is 39.4 Å². The van der Waals surface area contributed by atoms with Gasteiger partial charge in [0.1, 0.15) is 5.76 Å². The van der Waals surface area contributed by atoms with Crippen molar-refractivity contribution in [3.8, 4) is 5.95 Å². The maximum Gasteiger partial charge on any atom is 0.291 e. The lowest BCUT2D eigenvalue weighted by molar-refractivity contribution is -0.0520. The van der Waals surface area contributed by atoms with Crippen molar-refractivity contribution in [3.63, 3.8) is 0 Å². The first kappa shape index (κ1) is 19.3. The van der Waals surface area contributed by atoms with Gasteiger partial charge in [-0.3, -0.25) is 4.79 Å². The molecule has 0 bridgehead atoms. The van der Waals surface area contributed by atoms with E-state index in [1.54, 1.807) is 7.11 Å². The minimum Gasteiger partial charge on any atom is -0.468 e. The quantitative estimate of drug-likeness (QED) is 0.660. The summed E-state index contributed by atoms with van der Waals surface area (Å²) in [5.41, 5.74) is 3.28. The average Bonchev–Trinajstić information content (AvgIpc) is 2.56. The van der Waals surface area contributed by atoms with Gasteiger partial charge in [-0.2, -0.15) is 0 Å². The van der Waals surface area contributed by atoms with Crippen LogP contribution in [0.3, 0.4) is 0 Å². The lowest BCUT2D eigenvalue weighted by Crippen LogP contribution is -2.50. The largest absolute Gasteiger partial charge is 0.468 e. The molecule has 3 rings (SSSR count). The predicted molar refractivity (Wildman–Crippen MR) is 106 cm³/mol. The molecule has 1 aromatic heterocycles. The maximum absolute atomic E-state index is 13.0. The molecular weight excluding hydrogens is 324 g/mol. The Labute approximate surface area is 157 Å². The standard InChI is InChI=1S/C23H34O3/c1-14-9-10-19-22(4,5)11-8-12-23(19,6)18(14)13-17-20(24)15(2)16(3)26-21(17)25-7/h18-19H,1,8-13H2,2-7H3/t18-,19+,23-/m1/s1. The molecule has 0 spiro atoms. The first-order valence-electron chi connectivity index (χ1n) is 9.96. The Hall–Kier alpha value is -1.51. The molecule has 0 radical (unpaired) electrons. The highest BCUT2D eigenvalue weighted by Crippen LogP contribution is 2.61. The molecule has 3 heteroatoms. The molecule has 1 aromatic rings. The SMILES string of the molecule is C=C1CC[C@H]2C(C)(C)CCC[C@]2(C)[C@@H]1Cc1c(OC)oc(C)c(C)c1=O. The molecule has 1 heterocycles. The van der Waals surface area contributed by atoms with Gasteiger partial charge in [0, 0.05) is 5.56 Å². The monoisotopic (exact) mass is 358 g/mol. The minimum atomic E-state index is 0.0687. The van der Waals surface area contributed by atoms with E-state index in [-0.39, 0.29) is 10.8 Å². The fourth-order valence-electron chi connectivity index (χ4n) is 5.95. The number of ether oxygens (including phenoxy) is 1. The van der Waals surface area contributed by atoms with E-state index in [1.165, 1.54) is 31.3 Å².